The summed E-state index contributed by atoms with van der Waals surface area (Å²) in [7, 11) is 0. The van der Waals surface area contributed by atoms with E-state index in [1.807, 2.05) is 37.3 Å². The van der Waals surface area contributed by atoms with Crippen LogP contribution in [0.5, 0.6) is 5.75 Å². The summed E-state index contributed by atoms with van der Waals surface area (Å²) >= 11 is 0. The number of amides is 1. The third kappa shape index (κ3) is 3.77. The summed E-state index contributed by atoms with van der Waals surface area (Å²) in [6.07, 6.45) is 0. The van der Waals surface area contributed by atoms with Crippen LogP contribution in [0.3, 0.4) is 0 Å². The maximum Gasteiger partial charge on any atom is 0.250 e. The molecule has 1 amide bonds. The van der Waals surface area contributed by atoms with Crippen molar-refractivity contribution in [3.8, 4) is 17.1 Å². The van der Waals surface area contributed by atoms with Gasteiger partial charge in [0.2, 0.25) is 11.7 Å². The molecule has 0 unspecified atom stereocenters. The van der Waals surface area contributed by atoms with Gasteiger partial charge < -0.3 is 20.3 Å². The predicted molar refractivity (Wildman–Crippen MR) is 93.2 cm³/mol. The number of nitrogens with one attached hydrogen (secondary N) is 1. The van der Waals surface area contributed by atoms with Gasteiger partial charge in [0.05, 0.1) is 24.3 Å². The first kappa shape index (κ1) is 16.5. The van der Waals surface area contributed by atoms with Gasteiger partial charge in [0.15, 0.2) is 0 Å². The molecule has 0 aliphatic heterocycles. The Balaban J connectivity index is 1.76. The zero-order valence-corrected chi connectivity index (χ0v) is 13.7. The molecule has 0 atom stereocenters. The second-order valence-corrected chi connectivity index (χ2v) is 5.20. The lowest BCUT2D eigenvalue weighted by Crippen LogP contribution is -2.14. The minimum Gasteiger partial charge on any atom is -0.493 e. The third-order valence-corrected chi connectivity index (χ3v) is 3.52. The highest BCUT2D eigenvalue weighted by atomic mass is 16.5. The van der Waals surface area contributed by atoms with Gasteiger partial charge in [-0.05, 0) is 31.2 Å². The quantitative estimate of drug-likeness (QED) is 0.686. The van der Waals surface area contributed by atoms with E-state index in [-0.39, 0.29) is 6.54 Å². The van der Waals surface area contributed by atoms with Crippen molar-refractivity contribution in [3.63, 3.8) is 0 Å². The number of benzene rings is 2. The van der Waals surface area contributed by atoms with Gasteiger partial charge in [-0.1, -0.05) is 29.4 Å². The minimum atomic E-state index is -0.500. The zero-order chi connectivity index (χ0) is 17.6. The number of para-hydroxylation sites is 2. The van der Waals surface area contributed by atoms with Crippen molar-refractivity contribution in [3.05, 3.63) is 60.0 Å². The van der Waals surface area contributed by atoms with Crippen LogP contribution in [0.2, 0.25) is 0 Å². The van der Waals surface area contributed by atoms with Crippen molar-refractivity contribution in [1.82, 2.24) is 10.1 Å². The normalized spacial score (nSPS) is 10.4. The van der Waals surface area contributed by atoms with Gasteiger partial charge >= 0.3 is 0 Å². The lowest BCUT2D eigenvalue weighted by molar-refractivity contribution is 0.100. The fraction of sp³-hybridized carbons (Fsp3) is 0.167. The minimum absolute atomic E-state index is 0.272. The molecule has 0 aliphatic carbocycles. The van der Waals surface area contributed by atoms with Crippen molar-refractivity contribution in [1.29, 1.82) is 0 Å². The average Bonchev–Trinajstić information content (AvgIpc) is 3.10. The number of primary amides is 1. The molecule has 0 fully saturated rings. The van der Waals surface area contributed by atoms with Crippen LogP contribution in [0, 0.1) is 0 Å². The Hall–Kier alpha value is -3.35. The van der Waals surface area contributed by atoms with Gasteiger partial charge in [-0.15, -0.1) is 0 Å². The van der Waals surface area contributed by atoms with Crippen molar-refractivity contribution < 1.29 is 14.1 Å². The van der Waals surface area contributed by atoms with E-state index in [1.54, 1.807) is 18.2 Å². The van der Waals surface area contributed by atoms with Crippen molar-refractivity contribution in [2.45, 2.75) is 13.5 Å². The number of aromatic nitrogens is 2. The molecule has 0 saturated heterocycles. The topological polar surface area (TPSA) is 103 Å². The highest BCUT2D eigenvalue weighted by Gasteiger charge is 2.14. The van der Waals surface area contributed by atoms with Crippen LogP contribution in [0.25, 0.3) is 11.4 Å². The van der Waals surface area contributed by atoms with E-state index in [1.165, 1.54) is 0 Å². The number of carbonyl (C=O) groups is 1. The highest BCUT2D eigenvalue weighted by Crippen LogP contribution is 2.27. The molecule has 3 N–H and O–H groups in total. The van der Waals surface area contributed by atoms with Crippen molar-refractivity contribution in [2.75, 3.05) is 11.9 Å². The summed E-state index contributed by atoms with van der Waals surface area (Å²) in [5, 5.41) is 7.09. The first-order chi connectivity index (χ1) is 12.2. The Labute approximate surface area is 144 Å². The molecular formula is C18H18N4O3. The average molecular weight is 338 g/mol. The molecule has 25 heavy (non-hydrogen) atoms. The Bertz CT molecular complexity index is 876. The van der Waals surface area contributed by atoms with Crippen LogP contribution in [0.4, 0.5) is 5.69 Å². The molecule has 1 heterocycles. The standard InChI is InChI=1S/C18H18N4O3/c1-2-24-15-10-6-4-8-13(15)18-21-16(25-22-18)11-20-14-9-5-3-7-12(14)17(19)23/h3-10,20H,2,11H2,1H3,(H2,19,23). The molecule has 0 bridgehead atoms. The molecule has 7 nitrogen and oxygen atoms in total. The van der Waals surface area contributed by atoms with E-state index in [9.17, 15) is 4.79 Å². The molecule has 0 saturated carbocycles. The highest BCUT2D eigenvalue weighted by molar-refractivity contribution is 5.98. The van der Waals surface area contributed by atoms with Crippen LogP contribution in [0.1, 0.15) is 23.2 Å². The number of rotatable bonds is 7. The second kappa shape index (κ2) is 7.48. The molecule has 1 aromatic heterocycles. The fourth-order valence-corrected chi connectivity index (χ4v) is 2.39. The molecule has 7 heteroatoms. The monoisotopic (exact) mass is 338 g/mol. The van der Waals surface area contributed by atoms with Crippen LogP contribution < -0.4 is 15.8 Å². The lowest BCUT2D eigenvalue weighted by atomic mass is 10.1. The first-order valence-electron chi connectivity index (χ1n) is 7.86. The number of hydrogen-bond acceptors (Lipinski definition) is 6. The number of carbonyl (C=O) groups excluding carboxylic acids is 1. The summed E-state index contributed by atoms with van der Waals surface area (Å²) in [5.41, 5.74) is 7.15. The molecule has 0 spiro atoms. The van der Waals surface area contributed by atoms with Crippen LogP contribution in [0.15, 0.2) is 53.1 Å². The largest absolute Gasteiger partial charge is 0.493 e. The van der Waals surface area contributed by atoms with E-state index < -0.39 is 5.91 Å². The van der Waals surface area contributed by atoms with Gasteiger partial charge in [-0.2, -0.15) is 4.98 Å². The van der Waals surface area contributed by atoms with Crippen molar-refractivity contribution in [2.24, 2.45) is 5.73 Å². The van der Waals surface area contributed by atoms with E-state index in [4.69, 9.17) is 15.0 Å². The summed E-state index contributed by atoms with van der Waals surface area (Å²) in [6.45, 7) is 2.74. The Kier molecular flexibility index (Phi) is 4.94. The Morgan fingerprint density at radius 2 is 1.96 bits per heavy atom. The van der Waals surface area contributed by atoms with Gasteiger partial charge in [0.25, 0.3) is 5.91 Å². The lowest BCUT2D eigenvalue weighted by Gasteiger charge is -2.07. The molecule has 2 aromatic carbocycles. The molecule has 3 rings (SSSR count). The Morgan fingerprint density at radius 1 is 1.20 bits per heavy atom. The first-order valence-corrected chi connectivity index (χ1v) is 7.86. The number of hydrogen-bond donors (Lipinski definition) is 2. The summed E-state index contributed by atoms with van der Waals surface area (Å²) in [5.74, 6) is 1.04. The van der Waals surface area contributed by atoms with Gasteiger partial charge in [-0.25, -0.2) is 0 Å². The smallest absolute Gasteiger partial charge is 0.250 e. The fourth-order valence-electron chi connectivity index (χ4n) is 2.39. The summed E-state index contributed by atoms with van der Waals surface area (Å²) < 4.78 is 10.9. The third-order valence-electron chi connectivity index (χ3n) is 3.52. The van der Waals surface area contributed by atoms with Crippen LogP contribution in [-0.2, 0) is 6.54 Å². The predicted octanol–water partition coefficient (Wildman–Crippen LogP) is 2.85. The molecule has 128 valence electrons. The van der Waals surface area contributed by atoms with E-state index in [2.05, 4.69) is 15.5 Å². The summed E-state index contributed by atoms with van der Waals surface area (Å²) in [6, 6.07) is 14.5. The molecule has 0 radical (unpaired) electrons. The molecule has 0 aliphatic rings. The maximum absolute atomic E-state index is 11.4. The number of nitrogens with zero attached hydrogens (tertiary/aromatic N) is 2. The SMILES string of the molecule is CCOc1ccccc1-c1noc(CNc2ccccc2C(N)=O)n1. The van der Waals surface area contributed by atoms with Gasteiger partial charge in [-0.3, -0.25) is 4.79 Å². The van der Waals surface area contributed by atoms with E-state index >= 15 is 0 Å². The molecule has 3 aromatic rings. The maximum atomic E-state index is 11.4. The zero-order valence-electron chi connectivity index (χ0n) is 13.7. The number of anilines is 1. The Morgan fingerprint density at radius 3 is 2.76 bits per heavy atom. The van der Waals surface area contributed by atoms with Gasteiger partial charge in [0, 0.05) is 5.69 Å². The van der Waals surface area contributed by atoms with Crippen molar-refractivity contribution >= 4 is 11.6 Å². The van der Waals surface area contributed by atoms with Crippen LogP contribution >= 0.6 is 0 Å². The number of ether oxygens (including phenoxy) is 1. The van der Waals surface area contributed by atoms with E-state index in [0.29, 0.717) is 35.3 Å². The van der Waals surface area contributed by atoms with E-state index in [0.717, 1.165) is 5.56 Å². The summed E-state index contributed by atoms with van der Waals surface area (Å²) in [4.78, 5) is 15.8. The second-order valence-electron chi connectivity index (χ2n) is 5.20. The van der Waals surface area contributed by atoms with Crippen LogP contribution in [-0.4, -0.2) is 22.7 Å². The van der Waals surface area contributed by atoms with Gasteiger partial charge in [0.1, 0.15) is 5.75 Å². The molecular weight excluding hydrogens is 320 g/mol. The number of nitrogens with two attached hydrogens (primary N) is 1.